The lowest BCUT2D eigenvalue weighted by Crippen LogP contribution is -2.08. The lowest BCUT2D eigenvalue weighted by Gasteiger charge is -2.03. The van der Waals surface area contributed by atoms with Crippen LogP contribution >= 0.6 is 0 Å². The second-order valence-corrected chi connectivity index (χ2v) is 1.73. The number of rotatable bonds is 7. The number of ether oxygens (including phenoxy) is 3. The van der Waals surface area contributed by atoms with Gasteiger partial charge in [0.2, 0.25) is 0 Å². The van der Waals surface area contributed by atoms with Crippen LogP contribution in [0.4, 0.5) is 0 Å². The van der Waals surface area contributed by atoms with E-state index in [4.69, 9.17) is 9.47 Å². The van der Waals surface area contributed by atoms with Gasteiger partial charge < -0.3 is 14.2 Å². The normalized spacial score (nSPS) is 8.67. The van der Waals surface area contributed by atoms with E-state index in [2.05, 4.69) is 17.9 Å². The van der Waals surface area contributed by atoms with Gasteiger partial charge in [0.15, 0.2) is 6.79 Å². The first-order valence-corrected chi connectivity index (χ1v) is 3.40. The first-order valence-electron chi connectivity index (χ1n) is 3.40. The summed E-state index contributed by atoms with van der Waals surface area (Å²) in [5, 5.41) is 0. The minimum Gasteiger partial charge on any atom is -0.499 e. The average Bonchev–Trinajstić information content (AvgIpc) is 2.10. The Bertz CT molecular complexity index is 153. The predicted octanol–water partition coefficient (Wildman–Crippen LogP) is 0.850. The highest BCUT2D eigenvalue weighted by Crippen LogP contribution is 1.82. The molecular formula is C8H12O4. The molecule has 0 aliphatic rings. The quantitative estimate of drug-likeness (QED) is 0.188. The van der Waals surface area contributed by atoms with Crippen molar-refractivity contribution in [1.29, 1.82) is 0 Å². The molecule has 0 aromatic carbocycles. The lowest BCUT2D eigenvalue weighted by atomic mass is 10.7. The van der Waals surface area contributed by atoms with Gasteiger partial charge in [-0.2, -0.15) is 0 Å². The van der Waals surface area contributed by atoms with Crippen molar-refractivity contribution in [3.8, 4) is 0 Å². The summed E-state index contributed by atoms with van der Waals surface area (Å²) in [6.45, 7) is 7.24. The van der Waals surface area contributed by atoms with E-state index in [1.807, 2.05) is 0 Å². The van der Waals surface area contributed by atoms with Crippen LogP contribution in [-0.2, 0) is 19.0 Å². The summed E-state index contributed by atoms with van der Waals surface area (Å²) in [5.41, 5.74) is 0. The van der Waals surface area contributed by atoms with E-state index >= 15 is 0 Å². The number of hydrogen-bond donors (Lipinski definition) is 0. The summed E-state index contributed by atoms with van der Waals surface area (Å²) in [7, 11) is 0. The fraction of sp³-hybridized carbons (Fsp3) is 0.375. The van der Waals surface area contributed by atoms with E-state index in [-0.39, 0.29) is 6.79 Å². The Kier molecular flexibility index (Phi) is 6.97. The van der Waals surface area contributed by atoms with Crippen molar-refractivity contribution >= 4 is 5.97 Å². The Labute approximate surface area is 71.4 Å². The first kappa shape index (κ1) is 10.7. The standard InChI is InChI=1S/C8H12O4/c1-3-8(9)12-7-11-6-5-10-4-2/h3-4H,1-2,5-7H2. The Balaban J connectivity index is 3.05. The van der Waals surface area contributed by atoms with E-state index < -0.39 is 5.97 Å². The van der Waals surface area contributed by atoms with Crippen LogP contribution in [0.2, 0.25) is 0 Å². The molecule has 12 heavy (non-hydrogen) atoms. The largest absolute Gasteiger partial charge is 0.499 e. The second kappa shape index (κ2) is 7.81. The molecule has 0 amide bonds. The Morgan fingerprint density at radius 2 is 2.08 bits per heavy atom. The molecule has 0 rings (SSSR count). The molecule has 0 saturated heterocycles. The van der Waals surface area contributed by atoms with Gasteiger partial charge in [-0.1, -0.05) is 13.2 Å². The van der Waals surface area contributed by atoms with E-state index in [1.165, 1.54) is 6.26 Å². The van der Waals surface area contributed by atoms with Gasteiger partial charge in [-0.15, -0.1) is 0 Å². The van der Waals surface area contributed by atoms with Crippen LogP contribution in [0.1, 0.15) is 0 Å². The van der Waals surface area contributed by atoms with Crippen molar-refractivity contribution in [3.63, 3.8) is 0 Å². The highest BCUT2D eigenvalue weighted by atomic mass is 16.7. The molecule has 0 fully saturated rings. The molecule has 0 saturated carbocycles. The van der Waals surface area contributed by atoms with Crippen LogP contribution in [0.3, 0.4) is 0 Å². The number of hydrogen-bond acceptors (Lipinski definition) is 4. The highest BCUT2D eigenvalue weighted by molar-refractivity contribution is 5.81. The zero-order valence-corrected chi connectivity index (χ0v) is 6.82. The average molecular weight is 172 g/mol. The van der Waals surface area contributed by atoms with Gasteiger partial charge in [0, 0.05) is 6.08 Å². The molecule has 0 atom stereocenters. The Hall–Kier alpha value is -1.29. The van der Waals surface area contributed by atoms with Gasteiger partial charge >= 0.3 is 5.97 Å². The number of carbonyl (C=O) groups excluding carboxylic acids is 1. The molecule has 0 unspecified atom stereocenters. The monoisotopic (exact) mass is 172 g/mol. The predicted molar refractivity (Wildman–Crippen MR) is 43.3 cm³/mol. The zero-order chi connectivity index (χ0) is 9.23. The van der Waals surface area contributed by atoms with Crippen LogP contribution < -0.4 is 0 Å². The smallest absolute Gasteiger partial charge is 0.332 e. The van der Waals surface area contributed by atoms with Crippen molar-refractivity contribution in [3.05, 3.63) is 25.5 Å². The minimum atomic E-state index is -0.500. The van der Waals surface area contributed by atoms with Crippen LogP contribution in [0.5, 0.6) is 0 Å². The summed E-state index contributed by atoms with van der Waals surface area (Å²) < 4.78 is 14.1. The molecule has 0 bridgehead atoms. The minimum absolute atomic E-state index is 0.0780. The fourth-order valence-electron chi connectivity index (χ4n) is 0.408. The summed E-state index contributed by atoms with van der Waals surface area (Å²) in [6.07, 6.45) is 2.39. The second-order valence-electron chi connectivity index (χ2n) is 1.73. The van der Waals surface area contributed by atoms with Crippen molar-refractivity contribution in [2.24, 2.45) is 0 Å². The van der Waals surface area contributed by atoms with Crippen LogP contribution in [0.15, 0.2) is 25.5 Å². The third-order valence-electron chi connectivity index (χ3n) is 0.915. The van der Waals surface area contributed by atoms with Crippen LogP contribution in [0, 0.1) is 0 Å². The van der Waals surface area contributed by atoms with E-state index in [9.17, 15) is 4.79 Å². The highest BCUT2D eigenvalue weighted by Gasteiger charge is 1.93. The maximum absolute atomic E-state index is 10.4. The van der Waals surface area contributed by atoms with Gasteiger partial charge in [-0.25, -0.2) is 4.79 Å². The zero-order valence-electron chi connectivity index (χ0n) is 6.82. The Morgan fingerprint density at radius 1 is 1.33 bits per heavy atom. The molecule has 0 aromatic rings. The fourth-order valence-corrected chi connectivity index (χ4v) is 0.408. The third kappa shape index (κ3) is 6.82. The van der Waals surface area contributed by atoms with E-state index in [0.29, 0.717) is 13.2 Å². The maximum atomic E-state index is 10.4. The van der Waals surface area contributed by atoms with Gasteiger partial charge in [0.05, 0.1) is 12.9 Å². The molecule has 0 N–H and O–H groups in total. The first-order chi connectivity index (χ1) is 5.81. The van der Waals surface area contributed by atoms with E-state index in [0.717, 1.165) is 6.08 Å². The van der Waals surface area contributed by atoms with Gasteiger partial charge in [-0.05, 0) is 0 Å². The molecule has 0 aromatic heterocycles. The van der Waals surface area contributed by atoms with Crippen molar-refractivity contribution in [2.45, 2.75) is 0 Å². The lowest BCUT2D eigenvalue weighted by molar-refractivity contribution is -0.150. The SMILES string of the molecule is C=COCCOCOC(=O)C=C. The maximum Gasteiger partial charge on any atom is 0.332 e. The molecule has 4 nitrogen and oxygen atoms in total. The summed E-state index contributed by atoms with van der Waals surface area (Å²) in [5.74, 6) is -0.500. The summed E-state index contributed by atoms with van der Waals surface area (Å²) in [6, 6.07) is 0. The molecule has 68 valence electrons. The van der Waals surface area contributed by atoms with Crippen molar-refractivity contribution in [1.82, 2.24) is 0 Å². The number of esters is 1. The van der Waals surface area contributed by atoms with Crippen molar-refractivity contribution in [2.75, 3.05) is 20.0 Å². The van der Waals surface area contributed by atoms with Gasteiger partial charge in [-0.3, -0.25) is 0 Å². The molecule has 0 aliphatic carbocycles. The summed E-state index contributed by atoms with van der Waals surface area (Å²) >= 11 is 0. The Morgan fingerprint density at radius 3 is 2.67 bits per heavy atom. The molecule has 0 aliphatic heterocycles. The van der Waals surface area contributed by atoms with Crippen molar-refractivity contribution < 1.29 is 19.0 Å². The molecule has 0 heterocycles. The topological polar surface area (TPSA) is 44.8 Å². The van der Waals surface area contributed by atoms with Gasteiger partial charge in [0.25, 0.3) is 0 Å². The number of carbonyl (C=O) groups is 1. The van der Waals surface area contributed by atoms with E-state index in [1.54, 1.807) is 0 Å². The molecule has 4 heteroatoms. The van der Waals surface area contributed by atoms with Crippen LogP contribution in [0.25, 0.3) is 0 Å². The molecule has 0 radical (unpaired) electrons. The summed E-state index contributed by atoms with van der Waals surface area (Å²) in [4.78, 5) is 10.4. The van der Waals surface area contributed by atoms with Gasteiger partial charge in [0.1, 0.15) is 6.61 Å². The molecular weight excluding hydrogens is 160 g/mol. The van der Waals surface area contributed by atoms with Crippen LogP contribution in [-0.4, -0.2) is 26.0 Å². The molecule has 0 spiro atoms. The third-order valence-corrected chi connectivity index (χ3v) is 0.915.